The van der Waals surface area contributed by atoms with Gasteiger partial charge in [-0.25, -0.2) is 9.79 Å². The molecule has 3 rings (SSSR count). The van der Waals surface area contributed by atoms with Crippen LogP contribution in [0.3, 0.4) is 0 Å². The van der Waals surface area contributed by atoms with Gasteiger partial charge < -0.3 is 14.2 Å². The minimum atomic E-state index is -0.578. The molecule has 144 valence electrons. The lowest BCUT2D eigenvalue weighted by Crippen LogP contribution is -2.06. The molecule has 2 aromatic rings. The molecule has 5 nitrogen and oxygen atoms in total. The Hall–Kier alpha value is -2.76. The number of carbonyl (C=O) groups is 1. The van der Waals surface area contributed by atoms with E-state index in [-0.39, 0.29) is 11.6 Å². The van der Waals surface area contributed by atoms with Crippen molar-refractivity contribution in [1.82, 2.24) is 0 Å². The van der Waals surface area contributed by atoms with Crippen LogP contribution >= 0.6 is 23.2 Å². The molecule has 0 saturated heterocycles. The van der Waals surface area contributed by atoms with E-state index in [4.69, 9.17) is 37.4 Å². The van der Waals surface area contributed by atoms with E-state index < -0.39 is 5.97 Å². The Morgan fingerprint density at radius 1 is 1.21 bits per heavy atom. The number of ether oxygens (including phenoxy) is 3. The van der Waals surface area contributed by atoms with Crippen LogP contribution < -0.4 is 9.47 Å². The van der Waals surface area contributed by atoms with E-state index in [1.165, 1.54) is 0 Å². The van der Waals surface area contributed by atoms with Gasteiger partial charge in [0.2, 0.25) is 5.90 Å². The molecule has 0 spiro atoms. The van der Waals surface area contributed by atoms with Gasteiger partial charge in [0.1, 0.15) is 6.61 Å². The predicted octanol–water partition coefficient (Wildman–Crippen LogP) is 5.30. The summed E-state index contributed by atoms with van der Waals surface area (Å²) in [7, 11) is 1.56. The van der Waals surface area contributed by atoms with Crippen molar-refractivity contribution in [3.05, 3.63) is 75.4 Å². The van der Waals surface area contributed by atoms with Gasteiger partial charge in [0.25, 0.3) is 0 Å². The van der Waals surface area contributed by atoms with Crippen molar-refractivity contribution in [2.75, 3.05) is 13.7 Å². The van der Waals surface area contributed by atoms with E-state index in [1.54, 1.807) is 49.6 Å². The lowest BCUT2D eigenvalue weighted by molar-refractivity contribution is -0.129. The predicted molar refractivity (Wildman–Crippen MR) is 110 cm³/mol. The quantitative estimate of drug-likeness (QED) is 0.363. The number of carbonyl (C=O) groups excluding carboxylic acids is 1. The summed E-state index contributed by atoms with van der Waals surface area (Å²) in [5.74, 6) is 0.642. The Labute approximate surface area is 172 Å². The summed E-state index contributed by atoms with van der Waals surface area (Å²) in [5.41, 5.74) is 2.16. The van der Waals surface area contributed by atoms with Gasteiger partial charge in [0, 0.05) is 5.02 Å². The van der Waals surface area contributed by atoms with Crippen molar-refractivity contribution >= 4 is 41.1 Å². The van der Waals surface area contributed by atoms with Gasteiger partial charge in [-0.3, -0.25) is 0 Å². The minimum absolute atomic E-state index is 0.107. The Morgan fingerprint density at radius 2 is 2.00 bits per heavy atom. The Bertz CT molecular complexity index is 1010. The highest BCUT2D eigenvalue weighted by atomic mass is 35.5. The maximum atomic E-state index is 12.2. The Balaban J connectivity index is 1.93. The zero-order valence-corrected chi connectivity index (χ0v) is 16.8. The topological polar surface area (TPSA) is 57.1 Å². The standard InChI is InChI=1S/C21H17Cl2NO4/c1-12(2)11-27-19-9-13(4-7-18(19)26-3)8-17-21(25)28-20(24-17)15-10-14(22)5-6-16(15)23/h4-10H,1,11H2,2-3H3/b17-8+. The third-order valence-electron chi connectivity index (χ3n) is 3.74. The monoisotopic (exact) mass is 417 g/mol. The molecule has 0 aliphatic carbocycles. The number of hydrogen-bond donors (Lipinski definition) is 0. The van der Waals surface area contributed by atoms with E-state index >= 15 is 0 Å². The van der Waals surface area contributed by atoms with E-state index in [1.807, 2.05) is 6.92 Å². The van der Waals surface area contributed by atoms with Gasteiger partial charge in [-0.15, -0.1) is 0 Å². The molecule has 0 saturated carbocycles. The van der Waals surface area contributed by atoms with Gasteiger partial charge in [-0.05, 0) is 54.5 Å². The fraction of sp³-hybridized carbons (Fsp3) is 0.143. The zero-order chi connectivity index (χ0) is 20.3. The van der Waals surface area contributed by atoms with Crippen LogP contribution in [-0.4, -0.2) is 25.6 Å². The minimum Gasteiger partial charge on any atom is -0.493 e. The number of rotatable bonds is 6. The van der Waals surface area contributed by atoms with Crippen molar-refractivity contribution in [2.45, 2.75) is 6.92 Å². The SMILES string of the molecule is C=C(C)COc1cc(/C=C2/N=C(c3cc(Cl)ccc3Cl)OC2=O)ccc1OC. The molecule has 1 aliphatic heterocycles. The second-order valence-electron chi connectivity index (χ2n) is 6.12. The number of nitrogens with zero attached hydrogens (tertiary/aromatic N) is 1. The number of aliphatic imine (C=N–C) groups is 1. The summed E-state index contributed by atoms with van der Waals surface area (Å²) in [6.45, 7) is 6.04. The van der Waals surface area contributed by atoms with Crippen LogP contribution in [-0.2, 0) is 9.53 Å². The number of methoxy groups -OCH3 is 1. The number of halogens is 2. The molecule has 7 heteroatoms. The number of cyclic esters (lactones) is 1. The van der Waals surface area contributed by atoms with E-state index in [9.17, 15) is 4.79 Å². The molecule has 0 atom stereocenters. The van der Waals surface area contributed by atoms with Crippen molar-refractivity contribution in [1.29, 1.82) is 0 Å². The number of benzene rings is 2. The highest BCUT2D eigenvalue weighted by Gasteiger charge is 2.26. The largest absolute Gasteiger partial charge is 0.493 e. The van der Waals surface area contributed by atoms with Gasteiger partial charge in [0.05, 0.1) is 17.7 Å². The van der Waals surface area contributed by atoms with Crippen molar-refractivity contribution in [3.63, 3.8) is 0 Å². The first-order chi connectivity index (χ1) is 13.4. The normalized spacial score (nSPS) is 14.6. The first kappa shape index (κ1) is 20.0. The summed E-state index contributed by atoms with van der Waals surface area (Å²) >= 11 is 12.2. The second-order valence-corrected chi connectivity index (χ2v) is 6.96. The molecule has 1 heterocycles. The van der Waals surface area contributed by atoms with Crippen LogP contribution in [0.15, 0.2) is 59.2 Å². The molecule has 0 fully saturated rings. The van der Waals surface area contributed by atoms with Gasteiger partial charge in [-0.1, -0.05) is 35.8 Å². The van der Waals surface area contributed by atoms with Crippen molar-refractivity contribution < 1.29 is 19.0 Å². The summed E-state index contributed by atoms with van der Waals surface area (Å²) < 4.78 is 16.3. The molecule has 28 heavy (non-hydrogen) atoms. The summed E-state index contributed by atoms with van der Waals surface area (Å²) in [6, 6.07) is 10.1. The zero-order valence-electron chi connectivity index (χ0n) is 15.3. The van der Waals surface area contributed by atoms with Crippen LogP contribution in [0.25, 0.3) is 6.08 Å². The van der Waals surface area contributed by atoms with E-state index in [0.29, 0.717) is 39.3 Å². The van der Waals surface area contributed by atoms with E-state index in [0.717, 1.165) is 5.57 Å². The van der Waals surface area contributed by atoms with Crippen LogP contribution in [0.2, 0.25) is 10.0 Å². The molecule has 0 bridgehead atoms. The lowest BCUT2D eigenvalue weighted by Gasteiger charge is -2.11. The van der Waals surface area contributed by atoms with Crippen LogP contribution in [0, 0.1) is 0 Å². The fourth-order valence-electron chi connectivity index (χ4n) is 2.44. The highest BCUT2D eigenvalue weighted by molar-refractivity contribution is 6.36. The molecular formula is C21H17Cl2NO4. The molecule has 1 aliphatic rings. The van der Waals surface area contributed by atoms with Gasteiger partial charge in [0.15, 0.2) is 17.2 Å². The molecule has 0 unspecified atom stereocenters. The lowest BCUT2D eigenvalue weighted by atomic mass is 10.1. The summed E-state index contributed by atoms with van der Waals surface area (Å²) in [5, 5.41) is 0.849. The molecular weight excluding hydrogens is 401 g/mol. The summed E-state index contributed by atoms with van der Waals surface area (Å²) in [4.78, 5) is 16.5. The number of esters is 1. The second kappa shape index (κ2) is 8.50. The maximum Gasteiger partial charge on any atom is 0.363 e. The smallest absolute Gasteiger partial charge is 0.363 e. The van der Waals surface area contributed by atoms with Crippen LogP contribution in [0.5, 0.6) is 11.5 Å². The van der Waals surface area contributed by atoms with Crippen LogP contribution in [0.4, 0.5) is 0 Å². The fourth-order valence-corrected chi connectivity index (χ4v) is 2.81. The van der Waals surface area contributed by atoms with Gasteiger partial charge in [-0.2, -0.15) is 0 Å². The Morgan fingerprint density at radius 3 is 2.71 bits per heavy atom. The Kier molecular flexibility index (Phi) is 6.07. The van der Waals surface area contributed by atoms with Gasteiger partial charge >= 0.3 is 5.97 Å². The third-order valence-corrected chi connectivity index (χ3v) is 4.31. The highest BCUT2D eigenvalue weighted by Crippen LogP contribution is 2.31. The first-order valence-corrected chi connectivity index (χ1v) is 9.06. The van der Waals surface area contributed by atoms with Crippen LogP contribution in [0.1, 0.15) is 18.1 Å². The first-order valence-electron chi connectivity index (χ1n) is 8.30. The summed E-state index contributed by atoms with van der Waals surface area (Å²) in [6.07, 6.45) is 1.60. The van der Waals surface area contributed by atoms with E-state index in [2.05, 4.69) is 11.6 Å². The molecule has 0 aromatic heterocycles. The molecule has 0 radical (unpaired) electrons. The van der Waals surface area contributed by atoms with Crippen molar-refractivity contribution in [3.8, 4) is 11.5 Å². The number of hydrogen-bond acceptors (Lipinski definition) is 5. The average molecular weight is 418 g/mol. The molecule has 2 aromatic carbocycles. The third kappa shape index (κ3) is 4.55. The maximum absolute atomic E-state index is 12.2. The van der Waals surface area contributed by atoms with Crippen molar-refractivity contribution in [2.24, 2.45) is 4.99 Å². The average Bonchev–Trinajstić information content (AvgIpc) is 3.02. The molecule has 0 amide bonds. The molecule has 0 N–H and O–H groups in total.